The lowest BCUT2D eigenvalue weighted by atomic mass is 9.97. The molecular formula is C23H28N2O3. The number of carbonyl (C=O) groups is 2. The molecule has 148 valence electrons. The summed E-state index contributed by atoms with van der Waals surface area (Å²) in [4.78, 5) is 28.9. The molecule has 1 heterocycles. The first-order valence-electron chi connectivity index (χ1n) is 9.78. The van der Waals surface area contributed by atoms with Crippen molar-refractivity contribution < 1.29 is 14.3 Å². The Morgan fingerprint density at radius 3 is 2.43 bits per heavy atom. The number of aryl methyl sites for hydroxylation is 1. The van der Waals surface area contributed by atoms with Crippen molar-refractivity contribution in [2.45, 2.75) is 26.3 Å². The number of hydrogen-bond donors (Lipinski definition) is 0. The molecule has 0 aromatic heterocycles. The number of carbonyl (C=O) groups excluding carboxylic acids is 2. The van der Waals surface area contributed by atoms with E-state index in [1.165, 1.54) is 7.11 Å². The van der Waals surface area contributed by atoms with Gasteiger partial charge in [0.1, 0.15) is 0 Å². The zero-order valence-corrected chi connectivity index (χ0v) is 16.6. The predicted octanol–water partition coefficient (Wildman–Crippen LogP) is 3.41. The minimum absolute atomic E-state index is 0.0476. The first kappa shape index (κ1) is 20.1. The molecule has 28 heavy (non-hydrogen) atoms. The highest BCUT2D eigenvalue weighted by molar-refractivity contribution is 5.94. The molecule has 1 amide bonds. The summed E-state index contributed by atoms with van der Waals surface area (Å²) < 4.78 is 4.85. The Hall–Kier alpha value is -2.66. The Labute approximate surface area is 166 Å². The van der Waals surface area contributed by atoms with Gasteiger partial charge in [-0.15, -0.1) is 0 Å². The number of ether oxygens (including phenoxy) is 1. The molecule has 2 aromatic rings. The van der Waals surface area contributed by atoms with E-state index in [0.29, 0.717) is 13.1 Å². The summed E-state index contributed by atoms with van der Waals surface area (Å²) in [6.07, 6.45) is 1.48. The summed E-state index contributed by atoms with van der Waals surface area (Å²) in [7, 11) is 1.43. The number of methoxy groups -OCH3 is 1. The molecule has 1 saturated heterocycles. The third-order valence-electron chi connectivity index (χ3n) is 5.28. The van der Waals surface area contributed by atoms with E-state index >= 15 is 0 Å². The lowest BCUT2D eigenvalue weighted by molar-refractivity contribution is -0.147. The lowest BCUT2D eigenvalue weighted by Gasteiger charge is -2.32. The number of hydrogen-bond acceptors (Lipinski definition) is 4. The third-order valence-corrected chi connectivity index (χ3v) is 5.28. The average Bonchev–Trinajstić information content (AvgIpc) is 2.72. The molecule has 1 fully saturated rings. The highest BCUT2D eigenvalue weighted by atomic mass is 16.5. The summed E-state index contributed by atoms with van der Waals surface area (Å²) in [5.74, 6) is -0.115. The summed E-state index contributed by atoms with van der Waals surface area (Å²) in [5, 5.41) is 0. The van der Waals surface area contributed by atoms with E-state index in [4.69, 9.17) is 4.74 Å². The Balaban J connectivity index is 1.69. The van der Waals surface area contributed by atoms with Gasteiger partial charge in [0.15, 0.2) is 0 Å². The van der Waals surface area contributed by atoms with Crippen molar-refractivity contribution in [3.8, 4) is 0 Å². The largest absolute Gasteiger partial charge is 0.469 e. The molecule has 1 aliphatic rings. The van der Waals surface area contributed by atoms with Crippen molar-refractivity contribution in [2.75, 3.05) is 31.6 Å². The standard InChI is InChI=1S/C23H28N2O3/c1-18-7-6-10-21(15-18)25(16-19-8-4-3-5-9-19)22(26)17-24-13-11-20(12-14-24)23(27)28-2/h3-10,15,20H,11-14,16-17H2,1-2H3. The zero-order chi connectivity index (χ0) is 19.9. The number of piperidine rings is 1. The molecule has 2 aromatic carbocycles. The smallest absolute Gasteiger partial charge is 0.308 e. The molecule has 0 radical (unpaired) electrons. The molecule has 0 aliphatic carbocycles. The number of benzene rings is 2. The molecule has 0 atom stereocenters. The number of anilines is 1. The first-order valence-corrected chi connectivity index (χ1v) is 9.78. The second-order valence-corrected chi connectivity index (χ2v) is 7.38. The summed E-state index contributed by atoms with van der Waals surface area (Å²) in [5.41, 5.74) is 3.14. The number of rotatable bonds is 6. The minimum Gasteiger partial charge on any atom is -0.469 e. The van der Waals surface area contributed by atoms with Gasteiger partial charge in [-0.25, -0.2) is 0 Å². The molecule has 1 aliphatic heterocycles. The first-order chi connectivity index (χ1) is 13.6. The average molecular weight is 380 g/mol. The van der Waals surface area contributed by atoms with E-state index < -0.39 is 0 Å². The van der Waals surface area contributed by atoms with Gasteiger partial charge in [-0.1, -0.05) is 42.5 Å². The van der Waals surface area contributed by atoms with Crippen molar-refractivity contribution in [1.82, 2.24) is 4.90 Å². The SMILES string of the molecule is COC(=O)C1CCN(CC(=O)N(Cc2ccccc2)c2cccc(C)c2)CC1. The van der Waals surface area contributed by atoms with Crippen LogP contribution in [0.1, 0.15) is 24.0 Å². The number of nitrogens with zero attached hydrogens (tertiary/aromatic N) is 2. The van der Waals surface area contributed by atoms with Gasteiger partial charge >= 0.3 is 5.97 Å². The van der Waals surface area contributed by atoms with Crippen LogP contribution in [0.25, 0.3) is 0 Å². The Morgan fingerprint density at radius 1 is 1.07 bits per heavy atom. The van der Waals surface area contributed by atoms with Gasteiger partial charge in [0, 0.05) is 5.69 Å². The van der Waals surface area contributed by atoms with Gasteiger partial charge in [-0.3, -0.25) is 14.5 Å². The van der Waals surface area contributed by atoms with E-state index in [9.17, 15) is 9.59 Å². The Bertz CT molecular complexity index is 799. The maximum atomic E-state index is 13.2. The van der Waals surface area contributed by atoms with Crippen molar-refractivity contribution in [3.05, 3.63) is 65.7 Å². The van der Waals surface area contributed by atoms with Crippen LogP contribution in [-0.2, 0) is 20.9 Å². The summed E-state index contributed by atoms with van der Waals surface area (Å²) >= 11 is 0. The van der Waals surface area contributed by atoms with Crippen LogP contribution < -0.4 is 4.90 Å². The highest BCUT2D eigenvalue weighted by Crippen LogP contribution is 2.22. The number of amides is 1. The van der Waals surface area contributed by atoms with E-state index in [-0.39, 0.29) is 17.8 Å². The van der Waals surface area contributed by atoms with Crippen LogP contribution in [0.4, 0.5) is 5.69 Å². The number of likely N-dealkylation sites (tertiary alicyclic amines) is 1. The van der Waals surface area contributed by atoms with Crippen LogP contribution in [0, 0.1) is 12.8 Å². The normalized spacial score (nSPS) is 15.2. The minimum atomic E-state index is -0.142. The monoisotopic (exact) mass is 380 g/mol. The third kappa shape index (κ3) is 5.20. The predicted molar refractivity (Wildman–Crippen MR) is 110 cm³/mol. The van der Waals surface area contributed by atoms with Crippen molar-refractivity contribution >= 4 is 17.6 Å². The summed E-state index contributed by atoms with van der Waals surface area (Å²) in [6, 6.07) is 18.1. The molecule has 3 rings (SSSR count). The topological polar surface area (TPSA) is 49.9 Å². The van der Waals surface area contributed by atoms with Crippen LogP contribution >= 0.6 is 0 Å². The maximum Gasteiger partial charge on any atom is 0.308 e. The maximum absolute atomic E-state index is 13.2. The van der Waals surface area contributed by atoms with E-state index in [1.54, 1.807) is 0 Å². The Kier molecular flexibility index (Phi) is 6.82. The molecule has 0 spiro atoms. The molecule has 0 saturated carbocycles. The fourth-order valence-corrected chi connectivity index (χ4v) is 3.66. The molecule has 0 N–H and O–H groups in total. The van der Waals surface area contributed by atoms with Crippen LogP contribution in [0.3, 0.4) is 0 Å². The molecule has 0 bridgehead atoms. The second kappa shape index (κ2) is 9.51. The molecule has 0 unspecified atom stereocenters. The Morgan fingerprint density at radius 2 is 1.79 bits per heavy atom. The molecule has 5 heteroatoms. The van der Waals surface area contributed by atoms with Gasteiger partial charge in [0.25, 0.3) is 0 Å². The van der Waals surface area contributed by atoms with Crippen LogP contribution in [0.5, 0.6) is 0 Å². The van der Waals surface area contributed by atoms with Crippen LogP contribution in [0.2, 0.25) is 0 Å². The van der Waals surface area contributed by atoms with Crippen molar-refractivity contribution in [2.24, 2.45) is 5.92 Å². The molecular weight excluding hydrogens is 352 g/mol. The zero-order valence-electron chi connectivity index (χ0n) is 16.6. The van der Waals surface area contributed by atoms with E-state index in [2.05, 4.69) is 4.90 Å². The van der Waals surface area contributed by atoms with E-state index in [1.807, 2.05) is 66.4 Å². The number of esters is 1. The molecule has 5 nitrogen and oxygen atoms in total. The van der Waals surface area contributed by atoms with Crippen molar-refractivity contribution in [1.29, 1.82) is 0 Å². The van der Waals surface area contributed by atoms with Crippen molar-refractivity contribution in [3.63, 3.8) is 0 Å². The quantitative estimate of drug-likeness (QED) is 0.721. The summed E-state index contributed by atoms with van der Waals surface area (Å²) in [6.45, 7) is 4.40. The van der Waals surface area contributed by atoms with E-state index in [0.717, 1.165) is 42.7 Å². The van der Waals surface area contributed by atoms with Gasteiger partial charge in [-0.2, -0.15) is 0 Å². The fourth-order valence-electron chi connectivity index (χ4n) is 3.66. The van der Waals surface area contributed by atoms with Gasteiger partial charge < -0.3 is 9.64 Å². The van der Waals surface area contributed by atoms with Gasteiger partial charge in [0.05, 0.1) is 26.1 Å². The lowest BCUT2D eigenvalue weighted by Crippen LogP contribution is -2.44. The van der Waals surface area contributed by atoms with Crippen LogP contribution in [0.15, 0.2) is 54.6 Å². The second-order valence-electron chi connectivity index (χ2n) is 7.38. The van der Waals surface area contributed by atoms with Crippen LogP contribution in [-0.4, -0.2) is 43.5 Å². The van der Waals surface area contributed by atoms with Gasteiger partial charge in [0.2, 0.25) is 5.91 Å². The highest BCUT2D eigenvalue weighted by Gasteiger charge is 2.27. The van der Waals surface area contributed by atoms with Gasteiger partial charge in [-0.05, 0) is 56.1 Å². The fraction of sp³-hybridized carbons (Fsp3) is 0.391.